The summed E-state index contributed by atoms with van der Waals surface area (Å²) in [6.45, 7) is 3.80. The van der Waals surface area contributed by atoms with E-state index in [1.165, 1.54) is 36.0 Å². The predicted octanol–water partition coefficient (Wildman–Crippen LogP) is 3.36. The summed E-state index contributed by atoms with van der Waals surface area (Å²) in [4.78, 5) is 14.6. The molecule has 0 aromatic heterocycles. The Kier molecular flexibility index (Phi) is 4.03. The number of nitrogens with one attached hydrogen (secondary N) is 1. The summed E-state index contributed by atoms with van der Waals surface area (Å²) in [5.41, 5.74) is 4.36. The second-order valence-electron chi connectivity index (χ2n) is 8.20. The first-order chi connectivity index (χ1) is 11.6. The molecular weight excluding hydrogens is 300 g/mol. The summed E-state index contributed by atoms with van der Waals surface area (Å²) < 4.78 is 0. The zero-order valence-electron chi connectivity index (χ0n) is 14.6. The number of aliphatic hydroxyl groups is 1. The molecule has 1 aromatic rings. The van der Waals surface area contributed by atoms with Crippen molar-refractivity contribution in [1.29, 1.82) is 0 Å². The van der Waals surface area contributed by atoms with Gasteiger partial charge in [-0.3, -0.25) is 0 Å². The first-order valence-electron chi connectivity index (χ1n) is 9.38. The van der Waals surface area contributed by atoms with E-state index in [0.29, 0.717) is 5.92 Å². The highest BCUT2D eigenvalue weighted by Crippen LogP contribution is 2.47. The molecule has 4 rings (SSSR count). The van der Waals surface area contributed by atoms with Crippen molar-refractivity contribution in [3.8, 4) is 0 Å². The molecule has 2 aliphatic carbocycles. The lowest BCUT2D eigenvalue weighted by atomic mass is 9.81. The molecule has 3 aliphatic rings. The summed E-state index contributed by atoms with van der Waals surface area (Å²) in [7, 11) is 0. The highest BCUT2D eigenvalue weighted by molar-refractivity contribution is 5.75. The molecule has 0 saturated carbocycles. The van der Waals surface area contributed by atoms with Crippen LogP contribution in [0.1, 0.15) is 67.7 Å². The number of nitrogens with zero attached hydrogens (tertiary/aromatic N) is 1. The van der Waals surface area contributed by atoms with Gasteiger partial charge in [0.05, 0.1) is 6.04 Å². The van der Waals surface area contributed by atoms with Gasteiger partial charge >= 0.3 is 6.03 Å². The van der Waals surface area contributed by atoms with Gasteiger partial charge in [0.2, 0.25) is 0 Å². The lowest BCUT2D eigenvalue weighted by Crippen LogP contribution is -2.48. The van der Waals surface area contributed by atoms with E-state index in [1.54, 1.807) is 0 Å². The number of benzene rings is 1. The highest BCUT2D eigenvalue weighted by atomic mass is 16.3. The molecular formula is C20H28N2O2. The van der Waals surface area contributed by atoms with Crippen LogP contribution < -0.4 is 5.32 Å². The van der Waals surface area contributed by atoms with Gasteiger partial charge in [-0.05, 0) is 66.5 Å². The van der Waals surface area contributed by atoms with Crippen molar-refractivity contribution in [2.24, 2.45) is 5.41 Å². The minimum absolute atomic E-state index is 0.0184. The average Bonchev–Trinajstić information content (AvgIpc) is 2.95. The van der Waals surface area contributed by atoms with E-state index in [1.807, 2.05) is 4.90 Å². The van der Waals surface area contributed by atoms with Crippen LogP contribution >= 0.6 is 0 Å². The minimum atomic E-state index is -0.0184. The van der Waals surface area contributed by atoms with Gasteiger partial charge in [-0.1, -0.05) is 25.1 Å². The van der Waals surface area contributed by atoms with Crippen molar-refractivity contribution in [2.75, 3.05) is 19.7 Å². The summed E-state index contributed by atoms with van der Waals surface area (Å²) in [6, 6.07) is 6.84. The van der Waals surface area contributed by atoms with Crippen molar-refractivity contribution in [3.05, 3.63) is 34.9 Å². The van der Waals surface area contributed by atoms with Gasteiger partial charge in [0.25, 0.3) is 0 Å². The number of rotatable bonds is 2. The number of aliphatic hydroxyl groups excluding tert-OH is 1. The molecule has 0 spiro atoms. The molecule has 1 aliphatic heterocycles. The van der Waals surface area contributed by atoms with Gasteiger partial charge in [-0.15, -0.1) is 0 Å². The van der Waals surface area contributed by atoms with Crippen molar-refractivity contribution in [3.63, 3.8) is 0 Å². The largest absolute Gasteiger partial charge is 0.396 e. The Labute approximate surface area is 144 Å². The Morgan fingerprint density at radius 2 is 2.17 bits per heavy atom. The molecule has 2 amide bonds. The van der Waals surface area contributed by atoms with Crippen LogP contribution in [0.5, 0.6) is 0 Å². The number of piperidine rings is 1. The van der Waals surface area contributed by atoms with Crippen LogP contribution in [0.25, 0.3) is 0 Å². The van der Waals surface area contributed by atoms with Crippen molar-refractivity contribution < 1.29 is 9.90 Å². The third kappa shape index (κ3) is 2.71. The molecule has 0 radical (unpaired) electrons. The molecule has 2 atom stereocenters. The third-order valence-electron chi connectivity index (χ3n) is 6.47. The van der Waals surface area contributed by atoms with E-state index < -0.39 is 0 Å². The quantitative estimate of drug-likeness (QED) is 0.875. The van der Waals surface area contributed by atoms with Crippen LogP contribution in [-0.2, 0) is 6.42 Å². The standard InChI is InChI=1S/C20H28N2O2/c1-20(13-23)8-10-22(11-9-20)19(24)21-17-12-15-6-2-4-14-5-3-7-16(17)18(14)15/h3,5,7,15,17,23H,2,4,6,8-13H2,1H3,(H,21,24)/t15-,17-/m1/s1. The number of amides is 2. The number of urea groups is 1. The number of carbonyl (C=O) groups is 1. The fourth-order valence-electron chi connectivity index (χ4n) is 4.77. The number of aryl methyl sites for hydroxylation is 1. The molecule has 24 heavy (non-hydrogen) atoms. The topological polar surface area (TPSA) is 52.6 Å². The second-order valence-corrected chi connectivity index (χ2v) is 8.20. The predicted molar refractivity (Wildman–Crippen MR) is 94.0 cm³/mol. The lowest BCUT2D eigenvalue weighted by molar-refractivity contribution is 0.0694. The van der Waals surface area contributed by atoms with Crippen LogP contribution in [0.4, 0.5) is 4.79 Å². The zero-order chi connectivity index (χ0) is 16.7. The first kappa shape index (κ1) is 15.9. The van der Waals surface area contributed by atoms with E-state index in [9.17, 15) is 9.90 Å². The molecule has 1 heterocycles. The summed E-state index contributed by atoms with van der Waals surface area (Å²) in [5.74, 6) is 0.634. The molecule has 0 bridgehead atoms. The molecule has 4 heteroatoms. The van der Waals surface area contributed by atoms with Gasteiger partial charge in [0.15, 0.2) is 0 Å². The van der Waals surface area contributed by atoms with Crippen LogP contribution in [0.2, 0.25) is 0 Å². The van der Waals surface area contributed by atoms with Gasteiger partial charge in [0, 0.05) is 19.7 Å². The van der Waals surface area contributed by atoms with Crippen LogP contribution in [0, 0.1) is 5.41 Å². The Morgan fingerprint density at radius 1 is 1.38 bits per heavy atom. The lowest BCUT2D eigenvalue weighted by Gasteiger charge is -2.38. The summed E-state index contributed by atoms with van der Waals surface area (Å²) in [6.07, 6.45) is 6.53. The Bertz CT molecular complexity index is 635. The van der Waals surface area contributed by atoms with Crippen LogP contribution in [0.15, 0.2) is 18.2 Å². The summed E-state index contributed by atoms with van der Waals surface area (Å²) >= 11 is 0. The van der Waals surface area contributed by atoms with Crippen molar-refractivity contribution in [2.45, 2.75) is 57.4 Å². The maximum absolute atomic E-state index is 12.7. The molecule has 4 nitrogen and oxygen atoms in total. The zero-order valence-corrected chi connectivity index (χ0v) is 14.6. The van der Waals surface area contributed by atoms with Crippen molar-refractivity contribution in [1.82, 2.24) is 10.2 Å². The number of hydrogen-bond donors (Lipinski definition) is 2. The average molecular weight is 328 g/mol. The monoisotopic (exact) mass is 328 g/mol. The molecule has 1 aromatic carbocycles. The minimum Gasteiger partial charge on any atom is -0.396 e. The second kappa shape index (κ2) is 6.07. The normalized spacial score (nSPS) is 27.7. The first-order valence-corrected chi connectivity index (χ1v) is 9.38. The van der Waals surface area contributed by atoms with Gasteiger partial charge in [0.1, 0.15) is 0 Å². The maximum atomic E-state index is 12.7. The smallest absolute Gasteiger partial charge is 0.317 e. The number of likely N-dealkylation sites (tertiary alicyclic amines) is 1. The Hall–Kier alpha value is -1.55. The number of hydrogen-bond acceptors (Lipinski definition) is 2. The van der Waals surface area contributed by atoms with E-state index >= 15 is 0 Å². The number of carbonyl (C=O) groups excluding carboxylic acids is 1. The molecule has 1 saturated heterocycles. The van der Waals surface area contributed by atoms with E-state index in [2.05, 4.69) is 30.4 Å². The van der Waals surface area contributed by atoms with E-state index in [-0.39, 0.29) is 24.1 Å². The van der Waals surface area contributed by atoms with E-state index in [4.69, 9.17) is 0 Å². The van der Waals surface area contributed by atoms with Crippen molar-refractivity contribution >= 4 is 6.03 Å². The molecule has 0 unspecified atom stereocenters. The SMILES string of the molecule is CC1(CO)CCN(C(=O)N[C@@H]2C[C@H]3CCCc4cccc2c43)CC1. The Morgan fingerprint density at radius 3 is 2.92 bits per heavy atom. The van der Waals surface area contributed by atoms with Gasteiger partial charge in [-0.2, -0.15) is 0 Å². The molecule has 130 valence electrons. The fraction of sp³-hybridized carbons (Fsp3) is 0.650. The van der Waals surface area contributed by atoms with Crippen LogP contribution in [0.3, 0.4) is 0 Å². The maximum Gasteiger partial charge on any atom is 0.317 e. The summed E-state index contributed by atoms with van der Waals surface area (Å²) in [5, 5.41) is 12.8. The Balaban J connectivity index is 1.44. The highest BCUT2D eigenvalue weighted by Gasteiger charge is 2.37. The fourth-order valence-corrected chi connectivity index (χ4v) is 4.77. The third-order valence-corrected chi connectivity index (χ3v) is 6.47. The molecule has 2 N–H and O–H groups in total. The van der Waals surface area contributed by atoms with Gasteiger partial charge < -0.3 is 15.3 Å². The molecule has 1 fully saturated rings. The van der Waals surface area contributed by atoms with Gasteiger partial charge in [-0.25, -0.2) is 4.79 Å². The van der Waals surface area contributed by atoms with Crippen LogP contribution in [-0.4, -0.2) is 35.7 Å². The van der Waals surface area contributed by atoms with E-state index in [0.717, 1.165) is 32.4 Å².